The highest BCUT2D eigenvalue weighted by Crippen LogP contribution is 2.20. The molecule has 0 saturated heterocycles. The Hall–Kier alpha value is -2.80. The van der Waals surface area contributed by atoms with Crippen LogP contribution < -0.4 is 16.4 Å². The fraction of sp³-hybridized carbons (Fsp3) is 0.286. The fourth-order valence-corrected chi connectivity index (χ4v) is 3.38. The maximum atomic E-state index is 12.1. The van der Waals surface area contributed by atoms with Gasteiger partial charge in [0.15, 0.2) is 0 Å². The minimum Gasteiger partial charge on any atom is -0.366 e. The van der Waals surface area contributed by atoms with Gasteiger partial charge in [0.25, 0.3) is 0 Å². The number of primary amides is 1. The lowest BCUT2D eigenvalue weighted by atomic mass is 10.1. The van der Waals surface area contributed by atoms with Gasteiger partial charge < -0.3 is 16.4 Å². The van der Waals surface area contributed by atoms with Crippen molar-refractivity contribution < 1.29 is 14.4 Å². The molecule has 0 heterocycles. The highest BCUT2D eigenvalue weighted by Gasteiger charge is 2.08. The summed E-state index contributed by atoms with van der Waals surface area (Å²) in [7, 11) is 0. The number of anilines is 2. The number of para-hydroxylation sites is 1. The molecule has 4 N–H and O–H groups in total. The van der Waals surface area contributed by atoms with Gasteiger partial charge in [0.1, 0.15) is 0 Å². The number of hydrogen-bond acceptors (Lipinski definition) is 4. The molecule has 0 radical (unpaired) electrons. The van der Waals surface area contributed by atoms with Crippen molar-refractivity contribution in [2.75, 3.05) is 22.1 Å². The molecule has 0 bridgehead atoms. The molecular formula is C21H25N3O3S. The fourth-order valence-electron chi connectivity index (χ4n) is 2.63. The largest absolute Gasteiger partial charge is 0.366 e. The average molecular weight is 400 g/mol. The number of carbonyl (C=O) groups excluding carboxylic acids is 3. The summed E-state index contributed by atoms with van der Waals surface area (Å²) >= 11 is 1.48. The van der Waals surface area contributed by atoms with Gasteiger partial charge in [-0.05, 0) is 61.4 Å². The van der Waals surface area contributed by atoms with Gasteiger partial charge in [0.05, 0.1) is 5.75 Å². The van der Waals surface area contributed by atoms with Crippen LogP contribution in [0.25, 0.3) is 0 Å². The zero-order valence-corrected chi connectivity index (χ0v) is 16.9. The van der Waals surface area contributed by atoms with E-state index < -0.39 is 5.91 Å². The molecule has 28 heavy (non-hydrogen) atoms. The minimum atomic E-state index is -0.505. The summed E-state index contributed by atoms with van der Waals surface area (Å²) in [5.41, 5.74) is 9.16. The molecule has 2 rings (SSSR count). The Bertz CT molecular complexity index is 830. The Kier molecular flexibility index (Phi) is 8.07. The van der Waals surface area contributed by atoms with Crippen LogP contribution in [0.15, 0.2) is 42.5 Å². The molecule has 2 aromatic rings. The number of hydrogen-bond donors (Lipinski definition) is 3. The van der Waals surface area contributed by atoms with Crippen molar-refractivity contribution >= 4 is 40.9 Å². The molecule has 3 amide bonds. The van der Waals surface area contributed by atoms with Crippen LogP contribution in [-0.4, -0.2) is 29.2 Å². The molecule has 0 fully saturated rings. The molecular weight excluding hydrogens is 374 g/mol. The normalized spacial score (nSPS) is 10.4. The summed E-state index contributed by atoms with van der Waals surface area (Å²) < 4.78 is 0. The zero-order valence-electron chi connectivity index (χ0n) is 16.1. The first-order valence-electron chi connectivity index (χ1n) is 9.00. The van der Waals surface area contributed by atoms with Crippen LogP contribution >= 0.6 is 11.8 Å². The molecule has 0 atom stereocenters. The minimum absolute atomic E-state index is 0.0167. The number of carbonyl (C=O) groups is 3. The first-order valence-corrected chi connectivity index (χ1v) is 10.2. The van der Waals surface area contributed by atoms with E-state index >= 15 is 0 Å². The van der Waals surface area contributed by atoms with Crippen LogP contribution in [0.1, 0.15) is 34.3 Å². The smallest absolute Gasteiger partial charge is 0.248 e. The van der Waals surface area contributed by atoms with Gasteiger partial charge in [-0.3, -0.25) is 14.4 Å². The zero-order chi connectivity index (χ0) is 20.5. The van der Waals surface area contributed by atoms with Gasteiger partial charge in [-0.1, -0.05) is 18.2 Å². The average Bonchev–Trinajstić information content (AvgIpc) is 2.65. The molecule has 0 saturated carbocycles. The van der Waals surface area contributed by atoms with E-state index in [1.54, 1.807) is 24.3 Å². The maximum absolute atomic E-state index is 12.1. The number of nitrogens with two attached hydrogens (primary N) is 1. The molecule has 0 spiro atoms. The number of rotatable bonds is 9. The molecule has 0 aromatic heterocycles. The maximum Gasteiger partial charge on any atom is 0.248 e. The summed E-state index contributed by atoms with van der Waals surface area (Å²) in [5.74, 6) is 0.369. The predicted molar refractivity (Wildman–Crippen MR) is 115 cm³/mol. The third-order valence-electron chi connectivity index (χ3n) is 4.12. The summed E-state index contributed by atoms with van der Waals surface area (Å²) in [4.78, 5) is 35.1. The highest BCUT2D eigenvalue weighted by atomic mass is 32.2. The van der Waals surface area contributed by atoms with Crippen LogP contribution in [-0.2, 0) is 9.59 Å². The van der Waals surface area contributed by atoms with E-state index in [2.05, 4.69) is 10.6 Å². The Morgan fingerprint density at radius 2 is 1.57 bits per heavy atom. The van der Waals surface area contributed by atoms with Crippen LogP contribution in [0, 0.1) is 13.8 Å². The lowest BCUT2D eigenvalue weighted by molar-refractivity contribution is -0.116. The van der Waals surface area contributed by atoms with Crippen molar-refractivity contribution in [3.8, 4) is 0 Å². The Labute approximate surface area is 169 Å². The molecule has 0 aliphatic rings. The Balaban J connectivity index is 1.65. The van der Waals surface area contributed by atoms with E-state index in [4.69, 9.17) is 5.73 Å². The second kappa shape index (κ2) is 10.5. The van der Waals surface area contributed by atoms with E-state index in [0.29, 0.717) is 35.6 Å². The third kappa shape index (κ3) is 6.74. The first kappa shape index (κ1) is 21.5. The predicted octanol–water partition coefficient (Wildman–Crippen LogP) is 3.49. The molecule has 0 aliphatic carbocycles. The second-order valence-electron chi connectivity index (χ2n) is 6.46. The summed E-state index contributed by atoms with van der Waals surface area (Å²) in [6.45, 7) is 3.94. The number of aryl methyl sites for hydroxylation is 2. The summed E-state index contributed by atoms with van der Waals surface area (Å²) in [6, 6.07) is 12.3. The second-order valence-corrected chi connectivity index (χ2v) is 7.57. The van der Waals surface area contributed by atoms with Crippen LogP contribution in [0.4, 0.5) is 11.4 Å². The van der Waals surface area contributed by atoms with E-state index in [-0.39, 0.29) is 11.8 Å². The van der Waals surface area contributed by atoms with Gasteiger partial charge in [-0.15, -0.1) is 0 Å². The Morgan fingerprint density at radius 3 is 2.18 bits per heavy atom. The first-order chi connectivity index (χ1) is 13.4. The Morgan fingerprint density at radius 1 is 0.929 bits per heavy atom. The van der Waals surface area contributed by atoms with Crippen molar-refractivity contribution in [3.63, 3.8) is 0 Å². The van der Waals surface area contributed by atoms with Crippen molar-refractivity contribution in [2.45, 2.75) is 26.7 Å². The van der Waals surface area contributed by atoms with Gasteiger partial charge in [0, 0.05) is 23.4 Å². The molecule has 0 aliphatic heterocycles. The number of nitrogens with one attached hydrogen (secondary N) is 2. The van der Waals surface area contributed by atoms with Gasteiger partial charge in [0.2, 0.25) is 17.7 Å². The van der Waals surface area contributed by atoms with Gasteiger partial charge in [-0.2, -0.15) is 11.8 Å². The molecule has 7 heteroatoms. The number of benzene rings is 2. The summed E-state index contributed by atoms with van der Waals surface area (Å²) in [5, 5.41) is 5.72. The monoisotopic (exact) mass is 399 g/mol. The number of thioether (sulfide) groups is 1. The van der Waals surface area contributed by atoms with Crippen molar-refractivity contribution in [1.29, 1.82) is 0 Å². The summed E-state index contributed by atoms with van der Waals surface area (Å²) in [6.07, 6.45) is 1.11. The van der Waals surface area contributed by atoms with E-state index in [1.807, 2.05) is 32.0 Å². The quantitative estimate of drug-likeness (QED) is 0.562. The third-order valence-corrected chi connectivity index (χ3v) is 5.17. The van der Waals surface area contributed by atoms with Crippen LogP contribution in [0.2, 0.25) is 0 Å². The van der Waals surface area contributed by atoms with Crippen molar-refractivity contribution in [1.82, 2.24) is 0 Å². The SMILES string of the molecule is Cc1cccc(C)c1NC(=O)CCCSCC(=O)Nc1ccc(C(N)=O)cc1. The molecule has 148 valence electrons. The van der Waals surface area contributed by atoms with Crippen molar-refractivity contribution in [2.24, 2.45) is 5.73 Å². The van der Waals surface area contributed by atoms with Crippen LogP contribution in [0.5, 0.6) is 0 Å². The van der Waals surface area contributed by atoms with Crippen molar-refractivity contribution in [3.05, 3.63) is 59.2 Å². The van der Waals surface area contributed by atoms with Gasteiger partial charge in [-0.25, -0.2) is 0 Å². The van der Waals surface area contributed by atoms with E-state index in [9.17, 15) is 14.4 Å². The topological polar surface area (TPSA) is 101 Å². The number of amides is 3. The standard InChI is InChI=1S/C21H25N3O3S/c1-14-5-3-6-15(2)20(14)24-18(25)7-4-12-28-13-19(26)23-17-10-8-16(9-11-17)21(22)27/h3,5-6,8-11H,4,7,12-13H2,1-2H3,(H2,22,27)(H,23,26)(H,24,25). The van der Waals surface area contributed by atoms with Gasteiger partial charge >= 0.3 is 0 Å². The molecule has 0 unspecified atom stereocenters. The molecule has 2 aromatic carbocycles. The lowest BCUT2D eigenvalue weighted by Gasteiger charge is -2.11. The van der Waals surface area contributed by atoms with E-state index in [1.165, 1.54) is 11.8 Å². The van der Waals surface area contributed by atoms with Crippen LogP contribution in [0.3, 0.4) is 0 Å². The highest BCUT2D eigenvalue weighted by molar-refractivity contribution is 7.99. The van der Waals surface area contributed by atoms with E-state index in [0.717, 1.165) is 16.8 Å². The molecule has 6 nitrogen and oxygen atoms in total. The lowest BCUT2D eigenvalue weighted by Crippen LogP contribution is -2.16.